The second kappa shape index (κ2) is 8.80. The van der Waals surface area contributed by atoms with Crippen LogP contribution in [0.25, 0.3) is 0 Å². The number of benzene rings is 1. The highest BCUT2D eigenvalue weighted by molar-refractivity contribution is 5.84. The third kappa shape index (κ3) is 5.32. The zero-order chi connectivity index (χ0) is 17.4. The van der Waals surface area contributed by atoms with Gasteiger partial charge in [0, 0.05) is 33.2 Å². The molecule has 0 aliphatic carbocycles. The van der Waals surface area contributed by atoms with E-state index in [4.69, 9.17) is 14.2 Å². The maximum atomic E-state index is 12.2. The van der Waals surface area contributed by atoms with Crippen LogP contribution in [0.1, 0.15) is 31.7 Å². The lowest BCUT2D eigenvalue weighted by Crippen LogP contribution is -2.46. The van der Waals surface area contributed by atoms with E-state index in [0.717, 1.165) is 5.56 Å². The highest BCUT2D eigenvalue weighted by atomic mass is 16.5. The second-order valence-corrected chi connectivity index (χ2v) is 6.06. The first-order chi connectivity index (χ1) is 11.5. The monoisotopic (exact) mass is 335 g/mol. The van der Waals surface area contributed by atoms with Crippen molar-refractivity contribution in [3.8, 4) is 0 Å². The van der Waals surface area contributed by atoms with Crippen molar-refractivity contribution in [2.24, 2.45) is 0 Å². The van der Waals surface area contributed by atoms with Gasteiger partial charge in [-0.25, -0.2) is 4.79 Å². The van der Waals surface area contributed by atoms with E-state index in [-0.39, 0.29) is 18.9 Å². The van der Waals surface area contributed by atoms with Crippen LogP contribution in [0.2, 0.25) is 0 Å². The summed E-state index contributed by atoms with van der Waals surface area (Å²) in [6.45, 7) is 2.97. The van der Waals surface area contributed by atoms with Gasteiger partial charge in [0.2, 0.25) is 5.91 Å². The molecule has 1 aliphatic heterocycles. The van der Waals surface area contributed by atoms with Gasteiger partial charge in [-0.3, -0.25) is 4.79 Å². The summed E-state index contributed by atoms with van der Waals surface area (Å²) < 4.78 is 16.1. The van der Waals surface area contributed by atoms with Crippen molar-refractivity contribution in [3.63, 3.8) is 0 Å². The smallest absolute Gasteiger partial charge is 0.328 e. The quantitative estimate of drug-likeness (QED) is 0.770. The summed E-state index contributed by atoms with van der Waals surface area (Å²) in [4.78, 5) is 24.2. The molecule has 1 N–H and O–H groups in total. The minimum atomic E-state index is -0.699. The van der Waals surface area contributed by atoms with Crippen molar-refractivity contribution >= 4 is 11.9 Å². The standard InChI is InChI=1S/C18H25NO5/c1-14(17(21)24-13-15-6-4-3-5-7-15)19-16(20)12-18(22-2)8-10-23-11-9-18/h3-7,14H,8-13H2,1-2H3,(H,19,20)/t14-/m0/s1. The zero-order valence-electron chi connectivity index (χ0n) is 14.2. The van der Waals surface area contributed by atoms with E-state index in [1.54, 1.807) is 14.0 Å². The Balaban J connectivity index is 1.78. The fraction of sp³-hybridized carbons (Fsp3) is 0.556. The minimum Gasteiger partial charge on any atom is -0.459 e. The summed E-state index contributed by atoms with van der Waals surface area (Å²) in [6.07, 6.45) is 1.55. The molecule has 0 radical (unpaired) electrons. The van der Waals surface area contributed by atoms with E-state index in [2.05, 4.69) is 5.32 Å². The molecule has 0 saturated carbocycles. The first-order valence-corrected chi connectivity index (χ1v) is 8.17. The molecule has 6 nitrogen and oxygen atoms in total. The number of rotatable bonds is 7. The van der Waals surface area contributed by atoms with Gasteiger partial charge in [-0.2, -0.15) is 0 Å². The number of hydrogen-bond donors (Lipinski definition) is 1. The third-order valence-corrected chi connectivity index (χ3v) is 4.27. The molecule has 1 atom stereocenters. The molecule has 132 valence electrons. The van der Waals surface area contributed by atoms with Crippen molar-refractivity contribution in [1.29, 1.82) is 0 Å². The van der Waals surface area contributed by atoms with Gasteiger partial charge in [0.15, 0.2) is 0 Å². The molecular weight excluding hydrogens is 310 g/mol. The lowest BCUT2D eigenvalue weighted by Gasteiger charge is -2.35. The highest BCUT2D eigenvalue weighted by Gasteiger charge is 2.35. The van der Waals surface area contributed by atoms with Gasteiger partial charge in [-0.1, -0.05) is 30.3 Å². The fourth-order valence-electron chi connectivity index (χ4n) is 2.69. The molecule has 0 spiro atoms. The van der Waals surface area contributed by atoms with Crippen molar-refractivity contribution in [1.82, 2.24) is 5.32 Å². The molecule has 1 saturated heterocycles. The summed E-state index contributed by atoms with van der Waals surface area (Å²) in [5.74, 6) is -0.673. The highest BCUT2D eigenvalue weighted by Crippen LogP contribution is 2.28. The number of hydrogen-bond acceptors (Lipinski definition) is 5. The van der Waals surface area contributed by atoms with Crippen LogP contribution in [0.15, 0.2) is 30.3 Å². The first kappa shape index (κ1) is 18.4. The largest absolute Gasteiger partial charge is 0.459 e. The predicted molar refractivity (Wildman–Crippen MR) is 88.3 cm³/mol. The Hall–Kier alpha value is -1.92. The predicted octanol–water partition coefficient (Wildman–Crippen LogP) is 1.82. The van der Waals surface area contributed by atoms with Crippen LogP contribution in [-0.2, 0) is 30.4 Å². The SMILES string of the molecule is COC1(CC(=O)N[C@@H](C)C(=O)OCc2ccccc2)CCOCC1. The van der Waals surface area contributed by atoms with Gasteiger partial charge in [0.1, 0.15) is 12.6 Å². The van der Waals surface area contributed by atoms with Crippen LogP contribution in [0, 0.1) is 0 Å². The summed E-state index contributed by atoms with van der Waals surface area (Å²) in [7, 11) is 1.61. The third-order valence-electron chi connectivity index (χ3n) is 4.27. The van der Waals surface area contributed by atoms with Gasteiger partial charge in [-0.15, -0.1) is 0 Å². The van der Waals surface area contributed by atoms with Crippen LogP contribution in [0.5, 0.6) is 0 Å². The molecule has 2 rings (SSSR count). The average molecular weight is 335 g/mol. The average Bonchev–Trinajstić information content (AvgIpc) is 2.61. The molecule has 0 bridgehead atoms. The molecule has 0 unspecified atom stereocenters. The second-order valence-electron chi connectivity index (χ2n) is 6.06. The van der Waals surface area contributed by atoms with E-state index in [1.165, 1.54) is 0 Å². The van der Waals surface area contributed by atoms with Gasteiger partial charge >= 0.3 is 5.97 Å². The van der Waals surface area contributed by atoms with Gasteiger partial charge in [-0.05, 0) is 12.5 Å². The first-order valence-electron chi connectivity index (χ1n) is 8.17. The molecule has 1 aromatic carbocycles. The number of methoxy groups -OCH3 is 1. The molecular formula is C18H25NO5. The Morgan fingerprint density at radius 1 is 1.25 bits per heavy atom. The van der Waals surface area contributed by atoms with Gasteiger partial charge < -0.3 is 19.5 Å². The summed E-state index contributed by atoms with van der Waals surface area (Å²) in [6, 6.07) is 8.72. The van der Waals surface area contributed by atoms with Crippen molar-refractivity contribution in [2.45, 2.75) is 44.4 Å². The number of carbonyl (C=O) groups is 2. The fourth-order valence-corrected chi connectivity index (χ4v) is 2.69. The molecule has 24 heavy (non-hydrogen) atoms. The van der Waals surface area contributed by atoms with Crippen molar-refractivity contribution in [2.75, 3.05) is 20.3 Å². The van der Waals surface area contributed by atoms with Crippen LogP contribution in [0.3, 0.4) is 0 Å². The van der Waals surface area contributed by atoms with E-state index in [9.17, 15) is 9.59 Å². The van der Waals surface area contributed by atoms with Crippen LogP contribution >= 0.6 is 0 Å². The minimum absolute atomic E-state index is 0.194. The van der Waals surface area contributed by atoms with Crippen molar-refractivity contribution in [3.05, 3.63) is 35.9 Å². The van der Waals surface area contributed by atoms with Crippen LogP contribution in [0.4, 0.5) is 0 Å². The summed E-state index contributed by atoms with van der Waals surface area (Å²) >= 11 is 0. The summed E-state index contributed by atoms with van der Waals surface area (Å²) in [5.41, 5.74) is 0.403. The maximum absolute atomic E-state index is 12.2. The van der Waals surface area contributed by atoms with Crippen LogP contribution in [-0.4, -0.2) is 43.8 Å². The Morgan fingerprint density at radius 2 is 1.92 bits per heavy atom. The van der Waals surface area contributed by atoms with E-state index < -0.39 is 17.6 Å². The maximum Gasteiger partial charge on any atom is 0.328 e. The van der Waals surface area contributed by atoms with E-state index in [0.29, 0.717) is 26.1 Å². The number of ether oxygens (including phenoxy) is 3. The van der Waals surface area contributed by atoms with E-state index >= 15 is 0 Å². The molecule has 1 heterocycles. The summed E-state index contributed by atoms with van der Waals surface area (Å²) in [5, 5.41) is 2.69. The van der Waals surface area contributed by atoms with Crippen LogP contribution < -0.4 is 5.32 Å². The number of nitrogens with one attached hydrogen (secondary N) is 1. The van der Waals surface area contributed by atoms with Gasteiger partial charge in [0.25, 0.3) is 0 Å². The number of amides is 1. The molecule has 1 fully saturated rings. The zero-order valence-corrected chi connectivity index (χ0v) is 14.2. The molecule has 0 aromatic heterocycles. The molecule has 1 aliphatic rings. The normalized spacial score (nSPS) is 17.8. The number of carbonyl (C=O) groups excluding carboxylic acids is 2. The lowest BCUT2D eigenvalue weighted by molar-refractivity contribution is -0.150. The molecule has 1 aromatic rings. The Kier molecular flexibility index (Phi) is 6.75. The molecule has 1 amide bonds. The van der Waals surface area contributed by atoms with Crippen molar-refractivity contribution < 1.29 is 23.8 Å². The van der Waals surface area contributed by atoms with Gasteiger partial charge in [0.05, 0.1) is 12.0 Å². The topological polar surface area (TPSA) is 73.9 Å². The molecule has 6 heteroatoms. The lowest BCUT2D eigenvalue weighted by atomic mass is 9.90. The van der Waals surface area contributed by atoms with E-state index in [1.807, 2.05) is 30.3 Å². The number of esters is 1. The Labute approximate surface area is 142 Å². The Bertz CT molecular complexity index is 540. The Morgan fingerprint density at radius 3 is 2.54 bits per heavy atom.